The summed E-state index contributed by atoms with van der Waals surface area (Å²) in [5, 5.41) is 67.4. The van der Waals surface area contributed by atoms with Crippen LogP contribution in [0.1, 0.15) is 68.6 Å². The van der Waals surface area contributed by atoms with Crippen LogP contribution in [0, 0.1) is 44.7 Å². The number of carbonyl (C=O) groups excluding carboxylic acids is 3. The van der Waals surface area contributed by atoms with Crippen LogP contribution in [-0.4, -0.2) is 141 Å². The fourth-order valence-electron chi connectivity index (χ4n) is 15.0. The van der Waals surface area contributed by atoms with Crippen molar-refractivity contribution in [2.45, 2.75) is 91.9 Å². The zero-order valence-electron chi connectivity index (χ0n) is 71.6. The Morgan fingerprint density at radius 3 is 1.60 bits per heavy atom. The Kier molecular flexibility index (Phi) is 31.4. The number of primary amides is 2. The number of benzene rings is 13. The molecule has 0 fully saturated rings. The van der Waals surface area contributed by atoms with E-state index in [1.807, 2.05) is 104 Å². The summed E-state index contributed by atoms with van der Waals surface area (Å²) in [5.41, 5.74) is 20.8. The lowest BCUT2D eigenvalue weighted by molar-refractivity contribution is -0.389. The van der Waals surface area contributed by atoms with E-state index in [4.69, 9.17) is 31.2 Å². The zero-order chi connectivity index (χ0) is 88.7. The number of hydrogen-bond donors (Lipinski definition) is 6. The van der Waals surface area contributed by atoms with E-state index >= 15 is 0 Å². The van der Waals surface area contributed by atoms with Gasteiger partial charge in [0.15, 0.2) is 5.69 Å². The van der Waals surface area contributed by atoms with E-state index in [2.05, 4.69) is 255 Å². The van der Waals surface area contributed by atoms with E-state index in [9.17, 15) is 34.7 Å². The number of aryl methyl sites for hydroxylation is 9. The first-order valence-electron chi connectivity index (χ1n) is 40.7. The monoisotopic (exact) mass is 1660 g/mol. The number of nitro groups is 1. The minimum absolute atomic E-state index is 0.0728. The molecule has 0 radical (unpaired) electrons. The maximum atomic E-state index is 12.5. The minimum Gasteiger partial charge on any atom is -0.394 e. The van der Waals surface area contributed by atoms with Crippen molar-refractivity contribution < 1.29 is 49.2 Å². The van der Waals surface area contributed by atoms with Gasteiger partial charge in [-0.25, -0.2) is 19.7 Å². The molecule has 124 heavy (non-hydrogen) atoms. The molecule has 4 amide bonds. The molecule has 23 nitrogen and oxygen atoms in total. The van der Waals surface area contributed by atoms with Crippen molar-refractivity contribution in [3.63, 3.8) is 0 Å². The van der Waals surface area contributed by atoms with Gasteiger partial charge >= 0.3 is 11.8 Å². The summed E-state index contributed by atoms with van der Waals surface area (Å²) in [6.07, 6.45) is 9.12. The zero-order valence-corrected chi connectivity index (χ0v) is 71.6. The molecule has 636 valence electrons. The topological polar surface area (TPSA) is 310 Å². The number of imidazole rings is 2. The molecule has 0 saturated heterocycles. The molecule has 4 unspecified atom stereocenters. The van der Waals surface area contributed by atoms with Gasteiger partial charge in [0.05, 0.1) is 43.1 Å². The molecule has 23 heteroatoms. The quantitative estimate of drug-likeness (QED) is 0.0316. The van der Waals surface area contributed by atoms with Crippen molar-refractivity contribution in [1.29, 1.82) is 0 Å². The molecule has 4 atom stereocenters. The van der Waals surface area contributed by atoms with Gasteiger partial charge in [-0.3, -0.25) is 9.59 Å². The predicted octanol–water partition coefficient (Wildman–Crippen LogP) is 18.9. The van der Waals surface area contributed by atoms with Crippen LogP contribution in [0.3, 0.4) is 0 Å². The molecule has 4 aromatic heterocycles. The van der Waals surface area contributed by atoms with E-state index in [-0.39, 0.29) is 49.4 Å². The summed E-state index contributed by atoms with van der Waals surface area (Å²) >= 11 is 0. The van der Waals surface area contributed by atoms with Gasteiger partial charge in [-0.15, -0.1) is 0 Å². The first-order chi connectivity index (χ1) is 59.8. The summed E-state index contributed by atoms with van der Waals surface area (Å²) in [6.45, 7) is 12.6. The van der Waals surface area contributed by atoms with Crippen LogP contribution in [-0.2, 0) is 36.7 Å². The molecular weight excluding hydrogens is 1560 g/mol. The van der Waals surface area contributed by atoms with Gasteiger partial charge in [-0.1, -0.05) is 224 Å². The number of aliphatic imine (C=N–C) groups is 1. The van der Waals surface area contributed by atoms with Crippen molar-refractivity contribution in [3.8, 4) is 0 Å². The van der Waals surface area contributed by atoms with Crippen LogP contribution >= 0.6 is 0 Å². The van der Waals surface area contributed by atoms with Crippen molar-refractivity contribution in [1.82, 2.24) is 33.1 Å². The number of carbonyl (C=O) groups is 3. The number of fused-ring (bicyclic) bond motifs is 7. The number of aromatic nitrogens is 6. The van der Waals surface area contributed by atoms with Crippen molar-refractivity contribution in [2.24, 2.45) is 30.6 Å². The van der Waals surface area contributed by atoms with Crippen molar-refractivity contribution in [3.05, 3.63) is 353 Å². The lowest BCUT2D eigenvalue weighted by Gasteiger charge is -2.35. The van der Waals surface area contributed by atoms with E-state index in [1.165, 1.54) is 146 Å². The second-order valence-electron chi connectivity index (χ2n) is 30.3. The molecule has 19 rings (SSSR count). The fraction of sp³-hybridized carbons (Fsp3) is 0.208. The van der Waals surface area contributed by atoms with Crippen LogP contribution in [0.4, 0.5) is 22.0 Å². The van der Waals surface area contributed by atoms with E-state index in [1.54, 1.807) is 16.8 Å². The van der Waals surface area contributed by atoms with Crippen molar-refractivity contribution in [2.75, 3.05) is 39.4 Å². The molecule has 0 spiro atoms. The molecule has 0 bridgehead atoms. The molecule has 17 aromatic rings. The van der Waals surface area contributed by atoms with Gasteiger partial charge in [0.25, 0.3) is 11.8 Å². The normalized spacial score (nSPS) is 12.7. The number of amides is 4. The smallest absolute Gasteiger partial charge is 0.381 e. The van der Waals surface area contributed by atoms with Gasteiger partial charge in [0.1, 0.15) is 29.9 Å². The number of aliphatic hydroxyl groups is 4. The Morgan fingerprint density at radius 2 is 1.02 bits per heavy atom. The second kappa shape index (κ2) is 42.9. The highest BCUT2D eigenvalue weighted by molar-refractivity contribution is 6.31. The molecule has 0 saturated carbocycles. The number of amidine groups is 1. The number of urea groups is 1. The minimum atomic E-state index is -0.940. The summed E-state index contributed by atoms with van der Waals surface area (Å²) in [5.74, 6) is -1.20. The third-order valence-electron chi connectivity index (χ3n) is 21.6. The summed E-state index contributed by atoms with van der Waals surface area (Å²) in [7, 11) is 8.60. The van der Waals surface area contributed by atoms with Gasteiger partial charge in [0, 0.05) is 95.1 Å². The number of methoxy groups -OCH3 is 2. The van der Waals surface area contributed by atoms with Gasteiger partial charge in [-0.2, -0.15) is 0 Å². The molecule has 13 aromatic carbocycles. The Morgan fingerprint density at radius 1 is 0.492 bits per heavy atom. The molecule has 0 aliphatic carbocycles. The standard InChI is InChI=1S/C17H12.C16H13N3O.C15H12.C11H18N4O5.C11H10.C10H11N.C9H15N3O5.C7H8.C5H7N/c1-11-5-6-14-8-7-12-3-2-4-13-9-10-15(11)17(14)16(12)13;1-10-9-18(2)16(20)19-13-8-4-6-11-5-3-7-12(14(11)13)17-15(10)19;1-11-10-12-6-2-3-8-14(12)15-9-5-4-7-13(11)15;1-20-7(4-16)6(17)2-3-15-5-14-8(10(12)18)9(15)11(13)19;1-9-5-4-7-10-6-2-3-8-11(9)10;1-8-4-3-5-10-9(8)6-7-11(10)2;1-17-8(5-13)7(14)2-3-11-4-9(10-6-11)12(15)16;1-7-5-3-2-4-6-7;1-6-4-2-3-5-6/h2-10H,1H3;3-9H,1-2H3;2-10H,1H3;5-7,16-17H,2-4H2,1H3,(H2,12,18)(H2,13,19);2-8H,1H3;3-7H,1-2H3;4,6-8,13-14H,2-3,5H2,1H3;2-6H,1H3;2-5H,1H3. The number of ether oxygens (including phenoxy) is 2. The lowest BCUT2D eigenvalue weighted by Crippen LogP contribution is -2.48. The molecular formula is C101H106N12O11. The average molecular weight is 1660 g/mol. The molecule has 2 aliphatic rings. The average Bonchev–Trinajstić information content (AvgIpc) is 0.964. The second-order valence-corrected chi connectivity index (χ2v) is 30.3. The number of rotatable bonds is 15. The van der Waals surface area contributed by atoms with Gasteiger partial charge in [0.2, 0.25) is 6.33 Å². The summed E-state index contributed by atoms with van der Waals surface area (Å²) in [4.78, 5) is 60.0. The molecule has 2 aliphatic heterocycles. The highest BCUT2D eigenvalue weighted by Gasteiger charge is 2.34. The maximum absolute atomic E-state index is 12.5. The predicted molar refractivity (Wildman–Crippen MR) is 500 cm³/mol. The first kappa shape index (κ1) is 90.7. The third-order valence-corrected chi connectivity index (χ3v) is 21.6. The highest BCUT2D eigenvalue weighted by atomic mass is 16.6. The van der Waals surface area contributed by atoms with E-state index < -0.39 is 41.2 Å². The van der Waals surface area contributed by atoms with Gasteiger partial charge < -0.3 is 74.6 Å². The number of anilines is 1. The number of aliphatic hydroxyl groups excluding tert-OH is 4. The van der Waals surface area contributed by atoms with Gasteiger partial charge in [-0.05, 0) is 193 Å². The third kappa shape index (κ3) is 22.2. The van der Waals surface area contributed by atoms with Crippen LogP contribution in [0.5, 0.6) is 0 Å². The summed E-state index contributed by atoms with van der Waals surface area (Å²) in [6, 6.07) is 88.9. The van der Waals surface area contributed by atoms with Crippen LogP contribution in [0.2, 0.25) is 0 Å². The Hall–Kier alpha value is -14.0. The van der Waals surface area contributed by atoms with E-state index in [0.717, 1.165) is 33.6 Å². The lowest BCUT2D eigenvalue weighted by atomic mass is 9.92. The van der Waals surface area contributed by atoms with Crippen LogP contribution in [0.25, 0.3) is 86.3 Å². The largest absolute Gasteiger partial charge is 0.394 e. The van der Waals surface area contributed by atoms with Crippen LogP contribution < -0.4 is 16.4 Å². The van der Waals surface area contributed by atoms with E-state index in [0.29, 0.717) is 13.0 Å². The number of nitrogens with two attached hydrogens (primary N) is 2. The number of hydrogen-bond acceptors (Lipinski definition) is 14. The fourth-order valence-corrected chi connectivity index (χ4v) is 15.0. The van der Waals surface area contributed by atoms with Crippen molar-refractivity contribution >= 4 is 127 Å². The first-order valence-corrected chi connectivity index (χ1v) is 40.7. The summed E-state index contributed by atoms with van der Waals surface area (Å²) < 4.78 is 16.7. The maximum Gasteiger partial charge on any atom is 0.381 e. The highest BCUT2D eigenvalue weighted by Crippen LogP contribution is 2.42. The van der Waals surface area contributed by atoms with Crippen LogP contribution in [0.15, 0.2) is 309 Å². The SMILES string of the molecule is CC1=CN(C)C(=O)N2C1=Nc1cccc3cccc2c13.COC(CO)C(O)CCn1cnc(C(N)=O)c1C(N)=O.COC(CO)C(O)CCn1cnc([N+](=O)[O-])c1.Cc1cc2ccccc2c2ccccc12.Cc1ccc2ccc3cccc4ccc1c2c34.Cc1cccc2c1ccn2C.Cc1cccc2ccccc12.Cc1ccccc1.Cn1cccc1. The molecule has 8 N–H and O–H groups in total. The Labute approximate surface area is 720 Å². The molecule has 6 heterocycles. The number of nitrogens with zero attached hydrogens (tertiary/aromatic N) is 10. The Bertz CT molecular complexity index is 6520. The Balaban J connectivity index is 0.000000138.